The van der Waals surface area contributed by atoms with E-state index in [4.69, 9.17) is 10.1 Å². The lowest BCUT2D eigenvalue weighted by atomic mass is 9.99. The van der Waals surface area contributed by atoms with E-state index in [1.54, 1.807) is 6.07 Å². The fourth-order valence-electron chi connectivity index (χ4n) is 4.26. The molecule has 4 aromatic rings. The fourth-order valence-corrected chi connectivity index (χ4v) is 4.26. The van der Waals surface area contributed by atoms with E-state index in [0.29, 0.717) is 6.42 Å². The number of hydroxylamine groups is 1. The lowest BCUT2D eigenvalue weighted by Gasteiger charge is -2.13. The maximum atomic E-state index is 12.7. The van der Waals surface area contributed by atoms with Crippen LogP contribution >= 0.6 is 0 Å². The third kappa shape index (κ3) is 8.07. The molecule has 0 aliphatic rings. The van der Waals surface area contributed by atoms with Crippen molar-refractivity contribution in [2.75, 3.05) is 6.67 Å². The summed E-state index contributed by atoms with van der Waals surface area (Å²) in [5, 5.41) is 21.3. The summed E-state index contributed by atoms with van der Waals surface area (Å²) in [6.45, 7) is 0.132. The molecule has 0 spiro atoms. The molecular weight excluding hydrogens is 496 g/mol. The molecule has 0 atom stereocenters. The zero-order chi connectivity index (χ0) is 27.5. The minimum atomic E-state index is -1.17. The largest absolute Gasteiger partial charge is 0.478 e. The van der Waals surface area contributed by atoms with Gasteiger partial charge in [-0.3, -0.25) is 14.9 Å². The second kappa shape index (κ2) is 14.0. The molecule has 4 rings (SSSR count). The van der Waals surface area contributed by atoms with Crippen molar-refractivity contribution in [3.05, 3.63) is 142 Å². The van der Waals surface area contributed by atoms with Crippen molar-refractivity contribution in [3.8, 4) is 0 Å². The summed E-state index contributed by atoms with van der Waals surface area (Å²) in [5.41, 5.74) is 8.35. The average Bonchev–Trinajstić information content (AvgIpc) is 2.95. The van der Waals surface area contributed by atoms with Crippen LogP contribution in [0.15, 0.2) is 97.1 Å². The second-order valence-corrected chi connectivity index (χ2v) is 9.00. The Morgan fingerprint density at radius 3 is 1.90 bits per heavy atom. The van der Waals surface area contributed by atoms with Crippen molar-refractivity contribution in [1.29, 1.82) is 0 Å². The molecular formula is C31H30N2O6. The zero-order valence-electron chi connectivity index (χ0n) is 21.3. The fraction of sp³-hybridized carbons (Fsp3) is 0.161. The van der Waals surface area contributed by atoms with Gasteiger partial charge in [-0.2, -0.15) is 5.48 Å². The topological polar surface area (TPSA) is 117 Å². The lowest BCUT2D eigenvalue weighted by molar-refractivity contribution is -0.253. The first kappa shape index (κ1) is 27.7. The third-order valence-electron chi connectivity index (χ3n) is 6.20. The smallest absolute Gasteiger partial charge is 0.336 e. The molecule has 0 saturated heterocycles. The van der Waals surface area contributed by atoms with E-state index in [1.165, 1.54) is 17.7 Å². The number of rotatable bonds is 13. The van der Waals surface area contributed by atoms with Gasteiger partial charge in [-0.1, -0.05) is 84.9 Å². The summed E-state index contributed by atoms with van der Waals surface area (Å²) in [4.78, 5) is 34.4. The van der Waals surface area contributed by atoms with E-state index in [-0.39, 0.29) is 31.0 Å². The van der Waals surface area contributed by atoms with Crippen molar-refractivity contribution < 1.29 is 29.7 Å². The summed E-state index contributed by atoms with van der Waals surface area (Å²) in [7, 11) is 0. The predicted molar refractivity (Wildman–Crippen MR) is 146 cm³/mol. The molecule has 4 aromatic carbocycles. The lowest BCUT2D eigenvalue weighted by Crippen LogP contribution is -2.34. The van der Waals surface area contributed by atoms with Crippen LogP contribution in [0.1, 0.15) is 54.1 Å². The number of aromatic carboxylic acids is 1. The van der Waals surface area contributed by atoms with Crippen LogP contribution in [-0.4, -0.2) is 28.9 Å². The van der Waals surface area contributed by atoms with Crippen molar-refractivity contribution in [1.82, 2.24) is 10.8 Å². The number of benzene rings is 4. The first-order chi connectivity index (χ1) is 19.0. The Morgan fingerprint density at radius 1 is 0.667 bits per heavy atom. The highest BCUT2D eigenvalue weighted by Crippen LogP contribution is 2.18. The van der Waals surface area contributed by atoms with Gasteiger partial charge in [0.1, 0.15) is 6.61 Å². The van der Waals surface area contributed by atoms with Crippen LogP contribution in [0.5, 0.6) is 0 Å². The molecule has 4 N–H and O–H groups in total. The van der Waals surface area contributed by atoms with Gasteiger partial charge in [0.05, 0.1) is 24.4 Å². The minimum absolute atomic E-state index is 0.0102. The number of carbonyl (C=O) groups excluding carboxylic acids is 1. The molecule has 0 bridgehead atoms. The van der Waals surface area contributed by atoms with Crippen molar-refractivity contribution in [2.24, 2.45) is 0 Å². The summed E-state index contributed by atoms with van der Waals surface area (Å²) in [6.07, 6.45) is 1.31. The zero-order valence-corrected chi connectivity index (χ0v) is 21.3. The molecule has 0 heterocycles. The van der Waals surface area contributed by atoms with E-state index in [0.717, 1.165) is 34.2 Å². The Morgan fingerprint density at radius 2 is 1.28 bits per heavy atom. The number of carbonyl (C=O) groups is 2. The van der Waals surface area contributed by atoms with E-state index < -0.39 is 11.9 Å². The van der Waals surface area contributed by atoms with Crippen LogP contribution in [0.4, 0.5) is 0 Å². The van der Waals surface area contributed by atoms with Crippen molar-refractivity contribution in [2.45, 2.75) is 26.1 Å². The van der Waals surface area contributed by atoms with Gasteiger partial charge in [0.25, 0.3) is 5.91 Å². The Labute approximate surface area is 226 Å². The highest BCUT2D eigenvalue weighted by Gasteiger charge is 2.17. The number of amides is 1. The maximum absolute atomic E-state index is 12.7. The number of carboxylic acid groups (broad SMARTS) is 1. The van der Waals surface area contributed by atoms with E-state index in [2.05, 4.69) is 27.8 Å². The highest BCUT2D eigenvalue weighted by molar-refractivity contribution is 6.04. The maximum Gasteiger partial charge on any atom is 0.336 e. The van der Waals surface area contributed by atoms with E-state index >= 15 is 0 Å². The van der Waals surface area contributed by atoms with E-state index in [1.807, 2.05) is 66.7 Å². The molecule has 0 saturated carbocycles. The molecule has 0 aliphatic carbocycles. The van der Waals surface area contributed by atoms with Gasteiger partial charge < -0.3 is 10.4 Å². The SMILES string of the molecule is O=C(O)c1cc(Cc2ccccc2)ccc1C(=O)NCNOCc1ccc(Cc2ccccc2)cc1COO. The van der Waals surface area contributed by atoms with Gasteiger partial charge >= 0.3 is 5.97 Å². The summed E-state index contributed by atoms with van der Waals surface area (Å²) < 4.78 is 0. The van der Waals surface area contributed by atoms with Crippen molar-refractivity contribution in [3.63, 3.8) is 0 Å². The Balaban J connectivity index is 1.30. The second-order valence-electron chi connectivity index (χ2n) is 9.00. The van der Waals surface area contributed by atoms with Gasteiger partial charge in [-0.05, 0) is 58.4 Å². The van der Waals surface area contributed by atoms with Crippen molar-refractivity contribution >= 4 is 11.9 Å². The molecule has 8 nitrogen and oxygen atoms in total. The molecule has 0 fully saturated rings. The van der Waals surface area contributed by atoms with Crippen LogP contribution in [-0.2, 0) is 35.8 Å². The summed E-state index contributed by atoms with van der Waals surface area (Å²) in [5.74, 6) is -1.71. The number of nitrogens with one attached hydrogen (secondary N) is 2. The quantitative estimate of drug-likeness (QED) is 0.0842. The van der Waals surface area contributed by atoms with Gasteiger partial charge in [0.2, 0.25) is 0 Å². The molecule has 200 valence electrons. The Bertz CT molecular complexity index is 1390. The van der Waals surface area contributed by atoms with Crippen LogP contribution in [0.2, 0.25) is 0 Å². The predicted octanol–water partition coefficient (Wildman–Crippen LogP) is 4.96. The summed E-state index contributed by atoms with van der Waals surface area (Å²) >= 11 is 0. The Hall–Kier alpha value is -4.34. The Kier molecular flexibility index (Phi) is 9.93. The monoisotopic (exact) mass is 526 g/mol. The standard InChI is InChI=1S/C31H30N2O6/c34-30(28-14-12-25(18-29(28)31(35)36)16-23-9-5-2-6-10-23)32-21-33-38-19-26-13-11-24(17-27(26)20-39-37)15-22-7-3-1-4-8-22/h1-14,17-18,33,37H,15-16,19-21H2,(H,32,34)(H,35,36). The first-order valence-electron chi connectivity index (χ1n) is 12.5. The molecule has 0 aromatic heterocycles. The first-order valence-corrected chi connectivity index (χ1v) is 12.5. The summed E-state index contributed by atoms with van der Waals surface area (Å²) in [6, 6.07) is 30.4. The molecule has 39 heavy (non-hydrogen) atoms. The number of hydrogen-bond donors (Lipinski definition) is 4. The van der Waals surface area contributed by atoms with Gasteiger partial charge in [0.15, 0.2) is 0 Å². The van der Waals surface area contributed by atoms with Gasteiger partial charge in [-0.15, -0.1) is 0 Å². The number of carboxylic acids is 1. The van der Waals surface area contributed by atoms with Crippen LogP contribution in [0.25, 0.3) is 0 Å². The van der Waals surface area contributed by atoms with Gasteiger partial charge in [-0.25, -0.2) is 9.68 Å². The van der Waals surface area contributed by atoms with E-state index in [9.17, 15) is 14.7 Å². The highest BCUT2D eigenvalue weighted by atomic mass is 17.1. The molecule has 0 unspecified atom stereocenters. The van der Waals surface area contributed by atoms with Crippen LogP contribution < -0.4 is 10.8 Å². The molecule has 1 amide bonds. The number of hydrogen-bond acceptors (Lipinski definition) is 6. The molecule has 0 aliphatic heterocycles. The molecule has 8 heteroatoms. The third-order valence-corrected chi connectivity index (χ3v) is 6.20. The molecule has 0 radical (unpaired) electrons. The van der Waals surface area contributed by atoms with Gasteiger partial charge in [0, 0.05) is 0 Å². The van der Waals surface area contributed by atoms with Crippen LogP contribution in [0.3, 0.4) is 0 Å². The normalized spacial score (nSPS) is 10.8. The minimum Gasteiger partial charge on any atom is -0.478 e. The average molecular weight is 527 g/mol. The van der Waals surface area contributed by atoms with Crippen LogP contribution in [0, 0.1) is 0 Å².